The van der Waals surface area contributed by atoms with Crippen molar-refractivity contribution >= 4 is 82.3 Å². The van der Waals surface area contributed by atoms with Crippen molar-refractivity contribution in [3.63, 3.8) is 0 Å². The summed E-state index contributed by atoms with van der Waals surface area (Å²) in [5, 5.41) is 0. The Morgan fingerprint density at radius 1 is 0.647 bits per heavy atom. The lowest BCUT2D eigenvalue weighted by Gasteiger charge is -2.24. The molecule has 2 unspecified atom stereocenters. The summed E-state index contributed by atoms with van der Waals surface area (Å²) in [4.78, 5) is 36.3. The molecule has 4 aromatic rings. The molecule has 2 aliphatic rings. The van der Waals surface area contributed by atoms with Crippen LogP contribution in [0, 0.1) is 18.8 Å². The van der Waals surface area contributed by atoms with Gasteiger partial charge < -0.3 is 9.80 Å². The fourth-order valence-electron chi connectivity index (χ4n) is 7.88. The summed E-state index contributed by atoms with van der Waals surface area (Å²) < 4.78 is 2.66. The molecular weight excluding hydrogens is 662 g/mol. The van der Waals surface area contributed by atoms with Gasteiger partial charge in [-0.15, -0.1) is 0 Å². The van der Waals surface area contributed by atoms with Crippen molar-refractivity contribution in [3.05, 3.63) is 70.8 Å². The summed E-state index contributed by atoms with van der Waals surface area (Å²) >= 11 is 3.63. The van der Waals surface area contributed by atoms with Crippen molar-refractivity contribution in [2.24, 2.45) is 11.8 Å². The lowest BCUT2D eigenvalue weighted by Crippen LogP contribution is -2.34. The minimum absolute atomic E-state index is 0.0311. The van der Waals surface area contributed by atoms with Crippen LogP contribution >= 0.6 is 22.7 Å². The second-order valence-corrected chi connectivity index (χ2v) is 17.3. The lowest BCUT2D eigenvalue weighted by molar-refractivity contribution is -0.114. The summed E-state index contributed by atoms with van der Waals surface area (Å²) in [6, 6.07) is 17.5. The Balaban J connectivity index is 1.52. The zero-order chi connectivity index (χ0) is 36.4. The molecule has 0 fully saturated rings. The van der Waals surface area contributed by atoms with Crippen molar-refractivity contribution in [2.45, 2.75) is 99.3 Å². The number of hydrogen-bond acceptors (Lipinski definition) is 4. The molecule has 0 saturated carbocycles. The summed E-state index contributed by atoms with van der Waals surface area (Å²) in [5.74, 6) is 0.738. The number of nitrogens with zero attached hydrogens (tertiary/aromatic N) is 2. The topological polar surface area (TPSA) is 40.6 Å². The van der Waals surface area contributed by atoms with E-state index in [0.29, 0.717) is 36.1 Å². The summed E-state index contributed by atoms with van der Waals surface area (Å²) in [6.45, 7) is 14.7. The van der Waals surface area contributed by atoms with E-state index in [1.54, 1.807) is 11.3 Å². The predicted octanol–water partition coefficient (Wildman–Crippen LogP) is 8.57. The normalized spacial score (nSPS) is 16.7. The molecule has 6 rings (SSSR count). The van der Waals surface area contributed by atoms with E-state index in [0.717, 1.165) is 91.4 Å². The van der Waals surface area contributed by atoms with E-state index in [2.05, 4.69) is 106 Å². The van der Waals surface area contributed by atoms with Crippen molar-refractivity contribution in [3.8, 4) is 20.9 Å². The number of carbonyl (C=O) groups is 2. The molecule has 8 heteroatoms. The number of unbranched alkanes of at least 4 members (excludes halogenated alkanes) is 2. The van der Waals surface area contributed by atoms with Gasteiger partial charge in [-0.1, -0.05) is 97.4 Å². The second-order valence-electron chi connectivity index (χ2n) is 14.8. The first-order valence-electron chi connectivity index (χ1n) is 19.5. The zero-order valence-electron chi connectivity index (χ0n) is 32.1. The van der Waals surface area contributed by atoms with Gasteiger partial charge in [0.05, 0.1) is 22.5 Å². The Morgan fingerprint density at radius 3 is 1.51 bits per heavy atom. The third kappa shape index (κ3) is 7.33. The molecule has 0 saturated heterocycles. The van der Waals surface area contributed by atoms with E-state index < -0.39 is 0 Å². The van der Waals surface area contributed by atoms with Crippen LogP contribution < -0.4 is 19.4 Å². The monoisotopic (exact) mass is 716 g/mol. The van der Waals surface area contributed by atoms with Gasteiger partial charge in [-0.25, -0.2) is 0 Å². The van der Waals surface area contributed by atoms with Crippen LogP contribution in [0.2, 0.25) is 0 Å². The first-order chi connectivity index (χ1) is 24.6. The Labute approximate surface area is 316 Å². The van der Waals surface area contributed by atoms with E-state index in [1.165, 1.54) is 30.4 Å². The molecule has 0 bridgehead atoms. The Kier molecular flexibility index (Phi) is 11.8. The fraction of sp³-hybridized carbons (Fsp3) is 0.442. The van der Waals surface area contributed by atoms with Gasteiger partial charge in [0.1, 0.15) is 0 Å². The third-order valence-corrected chi connectivity index (χ3v) is 13.7. The van der Waals surface area contributed by atoms with Crippen LogP contribution in [0.1, 0.15) is 108 Å². The summed E-state index contributed by atoms with van der Waals surface area (Å²) in [5.41, 5.74) is 9.75. The Hall–Kier alpha value is -3.35. The maximum atomic E-state index is 14.9. The van der Waals surface area contributed by atoms with Crippen LogP contribution in [0.25, 0.3) is 32.0 Å². The van der Waals surface area contributed by atoms with Crippen molar-refractivity contribution < 1.29 is 9.59 Å². The molecule has 0 N–H and O–H groups in total. The van der Waals surface area contributed by atoms with Gasteiger partial charge in [0.2, 0.25) is 0 Å². The highest BCUT2D eigenvalue weighted by molar-refractivity contribution is 7.23. The highest BCUT2D eigenvalue weighted by Gasteiger charge is 2.43. The van der Waals surface area contributed by atoms with Crippen LogP contribution in [0.5, 0.6) is 0 Å². The molecule has 0 radical (unpaired) electrons. The van der Waals surface area contributed by atoms with Crippen molar-refractivity contribution in [1.29, 1.82) is 0 Å². The molecular formula is C43H54B2N2O2S2. The minimum atomic E-state index is -0.0321. The van der Waals surface area contributed by atoms with Gasteiger partial charge in [-0.3, -0.25) is 9.59 Å². The van der Waals surface area contributed by atoms with Gasteiger partial charge in [-0.2, -0.15) is 22.7 Å². The number of fused-ring (bicyclic) bond motifs is 2. The molecule has 4 nitrogen and oxygen atoms in total. The number of anilines is 2. The number of amides is 2. The molecule has 0 aliphatic carbocycles. The number of thiophene rings is 2. The van der Waals surface area contributed by atoms with Crippen molar-refractivity contribution in [1.82, 2.24) is 0 Å². The predicted molar refractivity (Wildman–Crippen MR) is 228 cm³/mol. The summed E-state index contributed by atoms with van der Waals surface area (Å²) in [7, 11) is 4.37. The molecule has 4 heterocycles. The van der Waals surface area contributed by atoms with E-state index >= 15 is 0 Å². The summed E-state index contributed by atoms with van der Waals surface area (Å²) in [6.07, 6.45) is 9.82. The Morgan fingerprint density at radius 2 is 1.12 bits per heavy atom. The maximum Gasteiger partial charge on any atom is 0.259 e. The van der Waals surface area contributed by atoms with Crippen LogP contribution in [0.15, 0.2) is 48.5 Å². The van der Waals surface area contributed by atoms with Gasteiger partial charge in [0.15, 0.2) is 15.7 Å². The molecule has 0 spiro atoms. The average Bonchev–Trinajstić information content (AvgIpc) is 3.84. The van der Waals surface area contributed by atoms with Crippen LogP contribution in [0.4, 0.5) is 11.4 Å². The van der Waals surface area contributed by atoms with Crippen LogP contribution in [0.3, 0.4) is 0 Å². The maximum absolute atomic E-state index is 14.9. The van der Waals surface area contributed by atoms with Crippen LogP contribution in [-0.2, 0) is 16.0 Å². The van der Waals surface area contributed by atoms with E-state index in [1.807, 2.05) is 21.1 Å². The minimum Gasteiger partial charge on any atom is -0.307 e. The van der Waals surface area contributed by atoms with Gasteiger partial charge in [0, 0.05) is 34.0 Å². The average molecular weight is 717 g/mol. The molecule has 2 aliphatic heterocycles. The van der Waals surface area contributed by atoms with Gasteiger partial charge in [0.25, 0.3) is 11.8 Å². The van der Waals surface area contributed by atoms with Crippen LogP contribution in [-0.4, -0.2) is 40.6 Å². The molecule has 266 valence electrons. The molecule has 2 aromatic carbocycles. The highest BCUT2D eigenvalue weighted by atomic mass is 32.1. The quantitative estimate of drug-likeness (QED) is 0.0915. The number of hydrogen-bond donors (Lipinski definition) is 0. The van der Waals surface area contributed by atoms with E-state index in [4.69, 9.17) is 0 Å². The first kappa shape index (κ1) is 37.4. The number of rotatable bonds is 15. The van der Waals surface area contributed by atoms with Crippen molar-refractivity contribution in [2.75, 3.05) is 22.9 Å². The molecule has 2 aromatic heterocycles. The van der Waals surface area contributed by atoms with Gasteiger partial charge >= 0.3 is 0 Å². The van der Waals surface area contributed by atoms with E-state index in [-0.39, 0.29) is 11.8 Å². The molecule has 51 heavy (non-hydrogen) atoms. The Bertz CT molecular complexity index is 1940. The molecule has 2 atom stereocenters. The lowest BCUT2D eigenvalue weighted by atomic mass is 9.94. The zero-order valence-corrected chi connectivity index (χ0v) is 33.7. The smallest absolute Gasteiger partial charge is 0.259 e. The standard InChI is InChI=1S/C43H54B2N2O2S2/c1-7-12-14-27(9-3)24-46-34-21-30(36-20-26(6)40(44)50-36)16-18-32(34)38(42(46)48)39-33-19-17-31(37-23-29(11-5)41(45)51-37)22-35(33)47(43(39)49)25-28(10-4)15-13-8-2/h16-23,27-28H,7-15,24-25,44-45H2,1-6H3/b39-38+. The number of carbonyl (C=O) groups excluding carboxylic acids is 2. The van der Waals surface area contributed by atoms with E-state index in [9.17, 15) is 9.59 Å². The third-order valence-electron chi connectivity index (χ3n) is 11.4. The molecule has 2 amide bonds. The largest absolute Gasteiger partial charge is 0.307 e. The SMILES string of the molecule is Bc1sc(-c2ccc3c(c2)N(CC(CC)CCCC)C(=O)/C3=C2/C(=O)N(CC(CC)CCCC)c3cc(-c4cc(CC)c(B)s4)ccc32)cc1C. The fourth-order valence-corrected chi connectivity index (χ4v) is 10.0. The second kappa shape index (κ2) is 16.1. The van der Waals surface area contributed by atoms with Gasteiger partial charge in [-0.05, 0) is 94.1 Å². The number of aryl methyl sites for hydroxylation is 2. The highest BCUT2D eigenvalue weighted by Crippen LogP contribution is 2.49. The number of benzene rings is 2. The first-order valence-corrected chi connectivity index (χ1v) is 21.1.